The molecule has 4 aromatic carbocycles. The van der Waals surface area contributed by atoms with Crippen LogP contribution in [0.5, 0.6) is 0 Å². The maximum atomic E-state index is 14.8. The van der Waals surface area contributed by atoms with E-state index in [1.807, 2.05) is 87.5 Å². The molecule has 2 amide bonds. The lowest BCUT2D eigenvalue weighted by Gasteiger charge is -2.45. The van der Waals surface area contributed by atoms with E-state index in [0.29, 0.717) is 11.1 Å². The maximum Gasteiger partial charge on any atom is 0.417 e. The molecule has 14 heteroatoms. The van der Waals surface area contributed by atoms with Gasteiger partial charge in [-0.3, -0.25) is 19.2 Å². The van der Waals surface area contributed by atoms with Crippen molar-refractivity contribution in [3.05, 3.63) is 149 Å². The van der Waals surface area contributed by atoms with Crippen LogP contribution in [0.4, 0.5) is 4.79 Å². The second-order valence-corrected chi connectivity index (χ2v) is 18.4. The summed E-state index contributed by atoms with van der Waals surface area (Å²) >= 11 is 0. The summed E-state index contributed by atoms with van der Waals surface area (Å²) in [4.78, 5) is 71.4. The van der Waals surface area contributed by atoms with Crippen LogP contribution in [-0.2, 0) is 72.0 Å². The first kappa shape index (κ1) is 52.5. The Morgan fingerprint density at radius 1 is 0.797 bits per heavy atom. The fraction of sp³-hybridized carbons (Fsp3) is 0.436. The third-order valence-electron chi connectivity index (χ3n) is 12.3. The molecular weight excluding hydrogens is 883 g/mol. The molecule has 2 heterocycles. The number of aryl methyl sites for hydroxylation is 1. The van der Waals surface area contributed by atoms with Crippen LogP contribution < -0.4 is 0 Å². The molecule has 8 atom stereocenters. The molecular formula is C55H65NO13. The Balaban J connectivity index is 1.27. The number of Topliss-reactive ketones (excluding diaryl/α,β-unsaturated/α-hetero) is 1. The van der Waals surface area contributed by atoms with Gasteiger partial charge < -0.3 is 38.3 Å². The number of ether oxygens (including phenoxy) is 7. The summed E-state index contributed by atoms with van der Waals surface area (Å²) in [5, 5.41) is 10.5. The first-order chi connectivity index (χ1) is 33.1. The zero-order chi connectivity index (χ0) is 49.7. The van der Waals surface area contributed by atoms with Crippen molar-refractivity contribution in [3.8, 4) is 0 Å². The molecule has 2 aliphatic rings. The molecule has 0 spiro atoms. The first-order valence-corrected chi connectivity index (χ1v) is 23.5. The van der Waals surface area contributed by atoms with Gasteiger partial charge in [-0.15, -0.1) is 0 Å². The van der Waals surface area contributed by atoms with E-state index >= 15 is 0 Å². The number of hydrogen-bond donors (Lipinski definition) is 1. The number of nitrogens with zero attached hydrogens (tertiary/aromatic N) is 1. The molecule has 69 heavy (non-hydrogen) atoms. The number of amides is 2. The molecule has 14 nitrogen and oxygen atoms in total. The maximum absolute atomic E-state index is 14.8. The van der Waals surface area contributed by atoms with Gasteiger partial charge in [0.1, 0.15) is 30.0 Å². The normalized spacial score (nSPS) is 22.2. The number of rotatable bonds is 23. The topological polar surface area (TPSA) is 173 Å². The second kappa shape index (κ2) is 24.6. The Morgan fingerprint density at radius 3 is 1.94 bits per heavy atom. The van der Waals surface area contributed by atoms with E-state index in [9.17, 15) is 29.1 Å². The van der Waals surface area contributed by atoms with Crippen LogP contribution >= 0.6 is 0 Å². The van der Waals surface area contributed by atoms with Crippen molar-refractivity contribution in [2.24, 2.45) is 11.8 Å². The number of methoxy groups -OCH3 is 1. The van der Waals surface area contributed by atoms with Crippen LogP contribution in [0.1, 0.15) is 75.3 Å². The average Bonchev–Trinajstić information content (AvgIpc) is 3.59. The molecule has 0 bridgehead atoms. The fourth-order valence-electron chi connectivity index (χ4n) is 9.24. The van der Waals surface area contributed by atoms with E-state index in [2.05, 4.69) is 0 Å². The summed E-state index contributed by atoms with van der Waals surface area (Å²) in [6, 6.07) is 34.5. The van der Waals surface area contributed by atoms with Crippen molar-refractivity contribution in [2.75, 3.05) is 20.3 Å². The number of benzene rings is 4. The highest BCUT2D eigenvalue weighted by Crippen LogP contribution is 2.37. The van der Waals surface area contributed by atoms with Crippen molar-refractivity contribution < 1.29 is 62.2 Å². The third kappa shape index (κ3) is 13.7. The van der Waals surface area contributed by atoms with E-state index in [4.69, 9.17) is 33.2 Å². The van der Waals surface area contributed by atoms with E-state index < -0.39 is 83.9 Å². The van der Waals surface area contributed by atoms with Crippen molar-refractivity contribution in [2.45, 2.75) is 122 Å². The van der Waals surface area contributed by atoms with Crippen molar-refractivity contribution >= 4 is 35.1 Å². The number of esters is 1. The summed E-state index contributed by atoms with van der Waals surface area (Å²) in [5.41, 5.74) is 2.72. The minimum Gasteiger partial charge on any atom is -0.453 e. The molecule has 368 valence electrons. The third-order valence-corrected chi connectivity index (χ3v) is 12.3. The lowest BCUT2D eigenvalue weighted by atomic mass is 9.85. The average molecular weight is 948 g/mol. The first-order valence-electron chi connectivity index (χ1n) is 23.5. The van der Waals surface area contributed by atoms with Crippen LogP contribution in [0.25, 0.3) is 5.57 Å². The SMILES string of the molecule is CO[C@H]1O[C@H](CO)[C@@H](OCc2ccccc2)[C@H](OCc2ccccc2)[C@@H]1OCCCC(=O)C(=CC(=O)[C@@H](OC(C)=O)[C@H](Cc1ccccc1)C(=O)N1C(=O)OC(C)(C)[C@@H]1C(C)C)c1cccc(C)c1. The van der Waals surface area contributed by atoms with Gasteiger partial charge in [-0.25, -0.2) is 9.69 Å². The smallest absolute Gasteiger partial charge is 0.417 e. The van der Waals surface area contributed by atoms with Gasteiger partial charge in [0.25, 0.3) is 0 Å². The number of carbonyl (C=O) groups excluding carboxylic acids is 5. The van der Waals surface area contributed by atoms with Gasteiger partial charge in [-0.2, -0.15) is 0 Å². The van der Waals surface area contributed by atoms with Crippen molar-refractivity contribution in [1.82, 2.24) is 4.90 Å². The predicted octanol–water partition coefficient (Wildman–Crippen LogP) is 7.79. The Morgan fingerprint density at radius 2 is 1.39 bits per heavy atom. The van der Waals surface area contributed by atoms with Gasteiger partial charge in [-0.1, -0.05) is 135 Å². The molecule has 2 fully saturated rings. The number of cyclic esters (lactones) is 1. The second-order valence-electron chi connectivity index (χ2n) is 18.4. The highest BCUT2D eigenvalue weighted by molar-refractivity contribution is 6.25. The zero-order valence-electron chi connectivity index (χ0n) is 40.5. The van der Waals surface area contributed by atoms with Gasteiger partial charge in [0.05, 0.1) is 31.8 Å². The highest BCUT2D eigenvalue weighted by Gasteiger charge is 2.54. The molecule has 0 aliphatic carbocycles. The van der Waals surface area contributed by atoms with Crippen LogP contribution in [0.15, 0.2) is 121 Å². The van der Waals surface area contributed by atoms with Gasteiger partial charge in [0.15, 0.2) is 24.0 Å². The highest BCUT2D eigenvalue weighted by atomic mass is 16.7. The number of aliphatic hydroxyl groups is 1. The Labute approximate surface area is 404 Å². The summed E-state index contributed by atoms with van der Waals surface area (Å²) in [7, 11) is 1.47. The van der Waals surface area contributed by atoms with Gasteiger partial charge in [0.2, 0.25) is 5.91 Å². The molecule has 0 unspecified atom stereocenters. The van der Waals surface area contributed by atoms with E-state index in [-0.39, 0.29) is 57.2 Å². The Hall–Kier alpha value is -5.87. The summed E-state index contributed by atoms with van der Waals surface area (Å²) in [6.45, 7) is 10.2. The largest absolute Gasteiger partial charge is 0.453 e. The molecule has 4 aromatic rings. The number of imide groups is 1. The van der Waals surface area contributed by atoms with E-state index in [1.54, 1.807) is 62.4 Å². The molecule has 0 saturated carbocycles. The van der Waals surface area contributed by atoms with Gasteiger partial charge >= 0.3 is 12.1 Å². The van der Waals surface area contributed by atoms with Gasteiger partial charge in [-0.05, 0) is 67.9 Å². The Bertz CT molecular complexity index is 2370. The summed E-state index contributed by atoms with van der Waals surface area (Å²) < 4.78 is 42.8. The number of allylic oxidation sites excluding steroid dienone is 1. The monoisotopic (exact) mass is 947 g/mol. The molecule has 0 radical (unpaired) electrons. The minimum absolute atomic E-state index is 0.0259. The molecule has 2 aliphatic heterocycles. The molecule has 6 rings (SSSR count). The fourth-order valence-corrected chi connectivity index (χ4v) is 9.24. The summed E-state index contributed by atoms with van der Waals surface area (Å²) in [5.74, 6) is -4.40. The predicted molar refractivity (Wildman–Crippen MR) is 256 cm³/mol. The molecule has 0 aromatic heterocycles. The van der Waals surface area contributed by atoms with Crippen LogP contribution in [0.3, 0.4) is 0 Å². The van der Waals surface area contributed by atoms with Crippen LogP contribution in [0.2, 0.25) is 0 Å². The lowest BCUT2D eigenvalue weighted by Crippen LogP contribution is -2.61. The van der Waals surface area contributed by atoms with Crippen LogP contribution in [0, 0.1) is 18.8 Å². The number of aliphatic hydroxyl groups excluding tert-OH is 1. The zero-order valence-corrected chi connectivity index (χ0v) is 40.5. The van der Waals surface area contributed by atoms with E-state index in [0.717, 1.165) is 34.6 Å². The number of hydrogen-bond acceptors (Lipinski definition) is 13. The van der Waals surface area contributed by atoms with Crippen molar-refractivity contribution in [1.29, 1.82) is 0 Å². The van der Waals surface area contributed by atoms with Crippen LogP contribution in [-0.4, -0.2) is 108 Å². The minimum atomic E-state index is -1.72. The standard InChI is InChI=1S/C55H65NO13/c1-35(2)51-55(5,6)69-54(62)56(51)52(61)43(30-38-20-11-8-12-21-38)47(67-37(4)58)45(60)31-42(41-26-17-19-36(3)29-41)44(59)27-18-28-64-50-49(66-34-40-24-15-10-16-25-40)48(46(32-57)68-53(50)63-7)65-33-39-22-13-9-14-23-39/h8-17,19-26,29,31,35,43,46-51,53,57H,18,27-28,30,32-34H2,1-7H3/t43-,46+,47-,48+,49-,50-,51-,53-/m0/s1. The van der Waals surface area contributed by atoms with Crippen molar-refractivity contribution in [3.63, 3.8) is 0 Å². The number of ketones is 2. The quantitative estimate of drug-likeness (QED) is 0.0434. The number of carbonyl (C=O) groups is 5. The molecule has 1 N–H and O–H groups in total. The lowest BCUT2D eigenvalue weighted by molar-refractivity contribution is -0.319. The Kier molecular flexibility index (Phi) is 18.7. The van der Waals surface area contributed by atoms with Gasteiger partial charge in [0, 0.05) is 32.6 Å². The molecule has 2 saturated heterocycles. The summed E-state index contributed by atoms with van der Waals surface area (Å²) in [6.07, 6.45) is -5.63. The van der Waals surface area contributed by atoms with E-state index in [1.165, 1.54) is 7.11 Å².